The molecule has 1 amide bonds. The zero-order chi connectivity index (χ0) is 24.1. The fourth-order valence-corrected chi connectivity index (χ4v) is 8.97. The lowest BCUT2D eigenvalue weighted by Crippen LogP contribution is -2.72. The van der Waals surface area contributed by atoms with Crippen molar-refractivity contribution < 1.29 is 14.6 Å². The Labute approximate surface area is 211 Å². The number of hydrogen-bond donors (Lipinski definition) is 2. The maximum absolute atomic E-state index is 13.1. The number of amides is 1. The fraction of sp³-hybridized carbons (Fsp3) is 0.607. The van der Waals surface area contributed by atoms with Gasteiger partial charge in [0.05, 0.1) is 6.54 Å². The minimum absolute atomic E-state index is 0.0255. The van der Waals surface area contributed by atoms with Crippen LogP contribution in [-0.2, 0) is 16.6 Å². The van der Waals surface area contributed by atoms with E-state index in [2.05, 4.69) is 31.2 Å². The number of carbonyl (C=O) groups excluding carboxylic acids is 1. The normalized spacial score (nSPS) is 36.2. The maximum atomic E-state index is 13.1. The molecule has 3 saturated heterocycles. The summed E-state index contributed by atoms with van der Waals surface area (Å²) in [6, 6.07) is 6.39. The monoisotopic (exact) mass is 487 g/mol. The average molecular weight is 488 g/mol. The highest BCUT2D eigenvalue weighted by Gasteiger charge is 2.74. The number of phenols is 1. The van der Waals surface area contributed by atoms with Crippen molar-refractivity contribution in [2.24, 2.45) is 11.3 Å². The van der Waals surface area contributed by atoms with Gasteiger partial charge in [0.1, 0.15) is 6.10 Å². The summed E-state index contributed by atoms with van der Waals surface area (Å²) >= 11 is 0. The molecule has 188 valence electrons. The van der Waals surface area contributed by atoms with Gasteiger partial charge >= 0.3 is 0 Å². The molecule has 7 aliphatic rings. The van der Waals surface area contributed by atoms with E-state index in [0.29, 0.717) is 18.5 Å². The molecule has 0 radical (unpaired) electrons. The van der Waals surface area contributed by atoms with Crippen molar-refractivity contribution in [1.29, 1.82) is 0 Å². The van der Waals surface area contributed by atoms with Crippen LogP contribution in [0.25, 0.3) is 0 Å². The molecule has 2 saturated carbocycles. The van der Waals surface area contributed by atoms with Crippen LogP contribution in [0.4, 0.5) is 5.95 Å². The minimum Gasteiger partial charge on any atom is -0.504 e. The van der Waals surface area contributed by atoms with Crippen LogP contribution in [0, 0.1) is 11.3 Å². The number of carbonyl (C=O) groups is 1. The molecule has 8 nitrogen and oxygen atoms in total. The first kappa shape index (κ1) is 21.4. The van der Waals surface area contributed by atoms with Crippen LogP contribution in [-0.4, -0.2) is 75.1 Å². The number of fused-ring (bicyclic) bond motifs is 3. The number of aromatic nitrogens is 2. The summed E-state index contributed by atoms with van der Waals surface area (Å²) in [5.41, 5.74) is 2.74. The third-order valence-electron chi connectivity index (χ3n) is 10.5. The van der Waals surface area contributed by atoms with E-state index in [1.165, 1.54) is 30.5 Å². The Kier molecular flexibility index (Phi) is 4.40. The number of nitrogens with zero attached hydrogens (tertiary/aromatic N) is 4. The lowest BCUT2D eigenvalue weighted by atomic mass is 9.42. The van der Waals surface area contributed by atoms with Crippen molar-refractivity contribution >= 4 is 11.9 Å². The second-order valence-electron chi connectivity index (χ2n) is 12.0. The molecule has 9 rings (SSSR count). The van der Waals surface area contributed by atoms with Crippen LogP contribution in [0.3, 0.4) is 0 Å². The first-order chi connectivity index (χ1) is 17.6. The van der Waals surface area contributed by atoms with E-state index in [9.17, 15) is 9.90 Å². The summed E-state index contributed by atoms with van der Waals surface area (Å²) in [6.45, 7) is 3.53. The van der Waals surface area contributed by atoms with Crippen molar-refractivity contribution in [3.8, 4) is 11.5 Å². The number of likely N-dealkylation sites (tertiary alicyclic amines) is 1. The van der Waals surface area contributed by atoms with Crippen molar-refractivity contribution in [3.63, 3.8) is 0 Å². The van der Waals surface area contributed by atoms with Gasteiger partial charge in [0.15, 0.2) is 11.5 Å². The van der Waals surface area contributed by atoms with E-state index in [4.69, 9.17) is 4.74 Å². The van der Waals surface area contributed by atoms with Crippen molar-refractivity contribution in [3.05, 3.63) is 41.7 Å². The van der Waals surface area contributed by atoms with Gasteiger partial charge in [-0.2, -0.15) is 0 Å². The van der Waals surface area contributed by atoms with Crippen LogP contribution in [0.1, 0.15) is 49.7 Å². The molecular formula is C28H33N5O3. The Morgan fingerprint density at radius 3 is 2.78 bits per heavy atom. The molecule has 2 spiro atoms. The molecular weight excluding hydrogens is 454 g/mol. The number of anilines is 1. The number of aromatic hydroxyl groups is 1. The zero-order valence-corrected chi connectivity index (χ0v) is 20.5. The number of hydrogen-bond acceptors (Lipinski definition) is 7. The summed E-state index contributed by atoms with van der Waals surface area (Å²) in [4.78, 5) is 26.6. The third-order valence-corrected chi connectivity index (χ3v) is 10.5. The highest BCUT2D eigenvalue weighted by atomic mass is 16.5. The lowest BCUT2D eigenvalue weighted by molar-refractivity contribution is -0.132. The van der Waals surface area contributed by atoms with Gasteiger partial charge in [-0.1, -0.05) is 6.07 Å². The second kappa shape index (κ2) is 7.42. The van der Waals surface area contributed by atoms with E-state index >= 15 is 0 Å². The van der Waals surface area contributed by atoms with Crippen LogP contribution >= 0.6 is 0 Å². The Bertz CT molecular complexity index is 1240. The Morgan fingerprint density at radius 1 is 1.11 bits per heavy atom. The summed E-state index contributed by atoms with van der Waals surface area (Å²) in [5, 5.41) is 13.8. The van der Waals surface area contributed by atoms with E-state index in [-0.39, 0.29) is 34.6 Å². The Balaban J connectivity index is 1.19. The van der Waals surface area contributed by atoms with Crippen LogP contribution in [0.15, 0.2) is 30.6 Å². The van der Waals surface area contributed by atoms with Gasteiger partial charge < -0.3 is 9.84 Å². The summed E-state index contributed by atoms with van der Waals surface area (Å²) in [6.07, 6.45) is 11.4. The SMILES string of the molecule is O=C(CN1CC[C@@]23CC[C@@H]1[C@@H]1Oc4c(O)ccc5c4[C@@]12CCN(CC1CC1)[C@@H]3C5)Nc1ncccn1. The predicted molar refractivity (Wildman–Crippen MR) is 133 cm³/mol. The van der Waals surface area contributed by atoms with Crippen LogP contribution in [0.2, 0.25) is 0 Å². The summed E-state index contributed by atoms with van der Waals surface area (Å²) < 4.78 is 6.81. The molecule has 5 fully saturated rings. The molecule has 2 aromatic rings. The van der Waals surface area contributed by atoms with Crippen molar-refractivity contribution in [2.75, 3.05) is 31.5 Å². The van der Waals surface area contributed by atoms with Crippen molar-refractivity contribution in [1.82, 2.24) is 19.8 Å². The van der Waals surface area contributed by atoms with Gasteiger partial charge in [0, 0.05) is 47.4 Å². The third kappa shape index (κ3) is 2.74. The number of benzene rings is 1. The topological polar surface area (TPSA) is 90.8 Å². The number of ether oxygens (including phenoxy) is 1. The molecule has 1 aromatic carbocycles. The van der Waals surface area contributed by atoms with Gasteiger partial charge in [-0.15, -0.1) is 0 Å². The smallest absolute Gasteiger partial charge is 0.240 e. The number of piperidine rings is 1. The molecule has 4 bridgehead atoms. The minimum atomic E-state index is -0.0816. The number of phenolic OH excluding ortho intramolecular Hbond substituents is 1. The Hall–Kier alpha value is -2.71. The molecule has 3 aliphatic carbocycles. The molecule has 4 aliphatic heterocycles. The van der Waals surface area contributed by atoms with E-state index < -0.39 is 0 Å². The van der Waals surface area contributed by atoms with Crippen LogP contribution in [0.5, 0.6) is 11.5 Å². The lowest BCUT2D eigenvalue weighted by Gasteiger charge is -2.66. The van der Waals surface area contributed by atoms with E-state index in [1.807, 2.05) is 6.07 Å². The van der Waals surface area contributed by atoms with Gasteiger partial charge in [-0.05, 0) is 81.6 Å². The fourth-order valence-electron chi connectivity index (χ4n) is 8.97. The molecule has 2 N–H and O–H groups in total. The number of rotatable bonds is 5. The zero-order valence-electron chi connectivity index (χ0n) is 20.5. The standard InChI is InChI=1S/C28H33N5O3/c34-20-5-4-18-14-21-27-7-6-19(32(12-8-27)16-22(35)31-26-29-10-1-11-30-26)25-28(27,23(18)24(20)36-25)9-13-33(21)15-17-2-3-17/h1,4-5,10-11,17,19,21,25,34H,2-3,6-9,12-16H2,(H,29,30,31,35)/t19-,21-,25+,27-,28+/m1/s1. The highest BCUT2D eigenvalue weighted by Crippen LogP contribution is 2.71. The Morgan fingerprint density at radius 2 is 1.94 bits per heavy atom. The largest absolute Gasteiger partial charge is 0.504 e. The quantitative estimate of drug-likeness (QED) is 0.670. The van der Waals surface area contributed by atoms with Crippen molar-refractivity contribution in [2.45, 2.75) is 68.5 Å². The number of nitrogens with one attached hydrogen (secondary N) is 1. The summed E-state index contributed by atoms with van der Waals surface area (Å²) in [5.74, 6) is 2.13. The molecule has 8 heteroatoms. The first-order valence-electron chi connectivity index (χ1n) is 13.7. The maximum Gasteiger partial charge on any atom is 0.240 e. The van der Waals surface area contributed by atoms with E-state index in [1.54, 1.807) is 18.5 Å². The summed E-state index contributed by atoms with van der Waals surface area (Å²) in [7, 11) is 0. The highest BCUT2D eigenvalue weighted by molar-refractivity contribution is 5.90. The van der Waals surface area contributed by atoms with E-state index in [0.717, 1.165) is 56.9 Å². The van der Waals surface area contributed by atoms with Gasteiger partial charge in [0.25, 0.3) is 0 Å². The van der Waals surface area contributed by atoms with Gasteiger partial charge in [0.2, 0.25) is 11.9 Å². The average Bonchev–Trinajstić information content (AvgIpc) is 3.66. The molecule has 36 heavy (non-hydrogen) atoms. The first-order valence-corrected chi connectivity index (χ1v) is 13.7. The molecule has 5 atom stereocenters. The molecule has 0 unspecified atom stereocenters. The molecule has 1 aromatic heterocycles. The van der Waals surface area contributed by atoms with Crippen LogP contribution < -0.4 is 10.1 Å². The van der Waals surface area contributed by atoms with Gasteiger partial charge in [-0.3, -0.25) is 19.9 Å². The van der Waals surface area contributed by atoms with Gasteiger partial charge in [-0.25, -0.2) is 9.97 Å². The predicted octanol–water partition coefficient (Wildman–Crippen LogP) is 2.71. The molecule has 5 heterocycles. The second-order valence-corrected chi connectivity index (χ2v) is 12.0.